The van der Waals surface area contributed by atoms with Crippen LogP contribution in [0.5, 0.6) is 0 Å². The Balaban J connectivity index is 1.36. The van der Waals surface area contributed by atoms with Crippen LogP contribution in [0.25, 0.3) is 0 Å². The van der Waals surface area contributed by atoms with Crippen molar-refractivity contribution in [2.45, 2.75) is 52.5 Å². The summed E-state index contributed by atoms with van der Waals surface area (Å²) < 4.78 is 0. The molecule has 0 aromatic heterocycles. The highest BCUT2D eigenvalue weighted by molar-refractivity contribution is 6.23. The predicted octanol–water partition coefficient (Wildman–Crippen LogP) is 4.31. The number of carbonyl (C=O) groups is 2. The second-order valence-electron chi connectivity index (χ2n) is 11.8. The van der Waals surface area contributed by atoms with Gasteiger partial charge in [0.25, 0.3) is 5.69 Å². The predicted molar refractivity (Wildman–Crippen MR) is 120 cm³/mol. The third-order valence-corrected chi connectivity index (χ3v) is 8.61. The van der Waals surface area contributed by atoms with Crippen LogP contribution in [0, 0.1) is 44.6 Å². The fourth-order valence-electron chi connectivity index (χ4n) is 7.94. The van der Waals surface area contributed by atoms with Gasteiger partial charge >= 0.3 is 0 Å². The van der Waals surface area contributed by atoms with E-state index in [9.17, 15) is 19.7 Å². The number of benzene rings is 1. The maximum atomic E-state index is 13.2. The maximum Gasteiger partial charge on any atom is 0.294 e. The molecule has 3 aliphatic carbocycles. The molecule has 6 unspecified atom stereocenters. The van der Waals surface area contributed by atoms with Crippen molar-refractivity contribution in [3.8, 4) is 0 Å². The van der Waals surface area contributed by atoms with Gasteiger partial charge in [0.15, 0.2) is 0 Å². The normalized spacial score (nSPS) is 38.7. The van der Waals surface area contributed by atoms with Gasteiger partial charge in [0.1, 0.15) is 5.69 Å². The first kappa shape index (κ1) is 19.9. The van der Waals surface area contributed by atoms with E-state index in [1.54, 1.807) is 12.1 Å². The van der Waals surface area contributed by atoms with Crippen LogP contribution in [0.2, 0.25) is 0 Å². The van der Waals surface area contributed by atoms with Crippen molar-refractivity contribution in [2.24, 2.45) is 34.5 Å². The van der Waals surface area contributed by atoms with Crippen molar-refractivity contribution in [3.63, 3.8) is 0 Å². The van der Waals surface area contributed by atoms with E-state index in [2.05, 4.69) is 37.8 Å². The average molecular weight is 436 g/mol. The topological polar surface area (TPSA) is 83.8 Å². The molecule has 2 heterocycles. The van der Waals surface area contributed by atoms with Crippen LogP contribution in [0.3, 0.4) is 0 Å². The summed E-state index contributed by atoms with van der Waals surface area (Å²) in [6.45, 7) is 7.63. The Bertz CT molecular complexity index is 1060. The highest BCUT2D eigenvalue weighted by Crippen LogP contribution is 2.56. The van der Waals surface area contributed by atoms with Gasteiger partial charge in [-0.25, -0.2) is 4.90 Å². The van der Waals surface area contributed by atoms with Gasteiger partial charge < -0.3 is 4.90 Å². The van der Waals surface area contributed by atoms with Gasteiger partial charge in [0.2, 0.25) is 11.8 Å². The molecular formula is C25H29N3O4. The molecule has 4 bridgehead atoms. The summed E-state index contributed by atoms with van der Waals surface area (Å²) in [5.74, 6) is -0.787. The lowest BCUT2D eigenvalue weighted by molar-refractivity contribution is -0.384. The van der Waals surface area contributed by atoms with Crippen LogP contribution in [0.15, 0.2) is 30.4 Å². The van der Waals surface area contributed by atoms with Crippen molar-refractivity contribution < 1.29 is 14.5 Å². The molecule has 5 aliphatic rings. The fourth-order valence-corrected chi connectivity index (χ4v) is 7.94. The van der Waals surface area contributed by atoms with E-state index >= 15 is 0 Å². The lowest BCUT2D eigenvalue weighted by Crippen LogP contribution is -2.35. The molecule has 6 rings (SSSR count). The minimum absolute atomic E-state index is 0.0183. The molecule has 7 nitrogen and oxygen atoms in total. The molecule has 7 heteroatoms. The minimum Gasteiger partial charge on any atom is -0.362 e. The van der Waals surface area contributed by atoms with Gasteiger partial charge in [0.05, 0.1) is 22.4 Å². The minimum atomic E-state index is -0.369. The first-order chi connectivity index (χ1) is 15.1. The number of nitro groups is 1. The summed E-state index contributed by atoms with van der Waals surface area (Å²) in [7, 11) is 0. The van der Waals surface area contributed by atoms with Crippen LogP contribution >= 0.6 is 0 Å². The lowest BCUT2D eigenvalue weighted by Gasteiger charge is -2.39. The zero-order valence-corrected chi connectivity index (χ0v) is 18.8. The summed E-state index contributed by atoms with van der Waals surface area (Å²) in [5.41, 5.74) is 1.27. The molecule has 2 saturated heterocycles. The molecule has 2 amide bonds. The summed E-state index contributed by atoms with van der Waals surface area (Å²) in [5, 5.41) is 12.1. The Morgan fingerprint density at radius 1 is 1.03 bits per heavy atom. The van der Waals surface area contributed by atoms with Crippen LogP contribution in [-0.2, 0) is 9.59 Å². The van der Waals surface area contributed by atoms with E-state index in [1.807, 2.05) is 0 Å². The molecular weight excluding hydrogens is 406 g/mol. The van der Waals surface area contributed by atoms with Gasteiger partial charge in [-0.05, 0) is 60.5 Å². The summed E-state index contributed by atoms with van der Waals surface area (Å²) in [4.78, 5) is 41.5. The number of imide groups is 1. The highest BCUT2D eigenvalue weighted by atomic mass is 16.6. The molecule has 0 N–H and O–H groups in total. The van der Waals surface area contributed by atoms with Gasteiger partial charge in [-0.2, -0.15) is 0 Å². The molecule has 1 aromatic rings. The van der Waals surface area contributed by atoms with E-state index < -0.39 is 0 Å². The maximum absolute atomic E-state index is 13.2. The summed E-state index contributed by atoms with van der Waals surface area (Å²) >= 11 is 0. The number of carbonyl (C=O) groups excluding carboxylic acids is 2. The van der Waals surface area contributed by atoms with E-state index in [1.165, 1.54) is 11.0 Å². The van der Waals surface area contributed by atoms with Crippen LogP contribution < -0.4 is 9.80 Å². The van der Waals surface area contributed by atoms with Gasteiger partial charge in [0, 0.05) is 18.7 Å². The van der Waals surface area contributed by atoms with E-state index in [0.29, 0.717) is 11.4 Å². The number of nitro benzene ring substituents is 1. The molecule has 4 fully saturated rings. The van der Waals surface area contributed by atoms with Crippen molar-refractivity contribution in [2.75, 3.05) is 16.3 Å². The fraction of sp³-hybridized carbons (Fsp3) is 0.600. The van der Waals surface area contributed by atoms with Crippen molar-refractivity contribution >= 4 is 28.9 Å². The molecule has 1 aromatic carbocycles. The first-order valence-corrected chi connectivity index (χ1v) is 11.7. The largest absolute Gasteiger partial charge is 0.362 e. The van der Waals surface area contributed by atoms with E-state index in [-0.39, 0.29) is 63.0 Å². The van der Waals surface area contributed by atoms with Crippen LogP contribution in [0.4, 0.5) is 17.1 Å². The third-order valence-electron chi connectivity index (χ3n) is 8.61. The smallest absolute Gasteiger partial charge is 0.294 e. The number of hydrogen-bond donors (Lipinski definition) is 0. The number of anilines is 2. The molecule has 2 aliphatic heterocycles. The third kappa shape index (κ3) is 2.66. The number of nitrogens with zero attached hydrogens (tertiary/aromatic N) is 3. The Kier molecular flexibility index (Phi) is 3.87. The second-order valence-corrected chi connectivity index (χ2v) is 11.8. The van der Waals surface area contributed by atoms with E-state index in [0.717, 1.165) is 32.2 Å². The molecule has 0 radical (unpaired) electrons. The quantitative estimate of drug-likeness (QED) is 0.306. The van der Waals surface area contributed by atoms with Gasteiger partial charge in [-0.15, -0.1) is 0 Å². The summed E-state index contributed by atoms with van der Waals surface area (Å²) in [6, 6.07) is 5.19. The monoisotopic (exact) mass is 435 g/mol. The Morgan fingerprint density at radius 3 is 2.31 bits per heavy atom. The molecule has 168 valence electrons. The zero-order chi connectivity index (χ0) is 22.6. The Hall–Kier alpha value is -2.70. The number of hydrogen-bond acceptors (Lipinski definition) is 5. The molecule has 6 atom stereocenters. The standard InChI is InChI=1S/C25H29N3O4/c1-24(2)10-17-11-25(3,12-24)13-26(17)18-7-6-16(9-19(18)28(31)32)27-22(29)20-14-4-5-15(8-14)21(20)23(27)30/h4-7,9,14-15,17,20-21H,8,10-13H2,1-3H3. The van der Waals surface area contributed by atoms with Crippen molar-refractivity contribution in [3.05, 3.63) is 40.5 Å². The molecule has 0 spiro atoms. The van der Waals surface area contributed by atoms with E-state index in [4.69, 9.17) is 0 Å². The molecule has 32 heavy (non-hydrogen) atoms. The second kappa shape index (κ2) is 6.21. The highest BCUT2D eigenvalue weighted by Gasteiger charge is 2.60. The van der Waals surface area contributed by atoms with Crippen LogP contribution in [0.1, 0.15) is 46.5 Å². The van der Waals surface area contributed by atoms with Crippen molar-refractivity contribution in [1.29, 1.82) is 0 Å². The number of rotatable bonds is 3. The lowest BCUT2D eigenvalue weighted by atomic mass is 9.65. The summed E-state index contributed by atoms with van der Waals surface area (Å²) in [6.07, 6.45) is 8.13. The number of amides is 2. The van der Waals surface area contributed by atoms with Crippen molar-refractivity contribution in [1.82, 2.24) is 0 Å². The SMILES string of the molecule is CC1(C)CC2CC(C)(CN2c2ccc(N3C(=O)C4C5C=CC(C5)C4C3=O)cc2[N+](=O)[O-])C1. The van der Waals surface area contributed by atoms with Gasteiger partial charge in [-0.1, -0.05) is 32.9 Å². The van der Waals surface area contributed by atoms with Gasteiger partial charge in [-0.3, -0.25) is 19.7 Å². The zero-order valence-electron chi connectivity index (χ0n) is 18.8. The Morgan fingerprint density at radius 2 is 1.69 bits per heavy atom. The first-order valence-electron chi connectivity index (χ1n) is 11.7. The number of fused-ring (bicyclic) bond motifs is 7. The number of allylic oxidation sites excluding steroid dienone is 2. The van der Waals surface area contributed by atoms with Crippen LogP contribution in [-0.4, -0.2) is 29.3 Å². The Labute approximate surface area is 187 Å². The average Bonchev–Trinajstić information content (AvgIpc) is 3.42. The molecule has 2 saturated carbocycles.